The summed E-state index contributed by atoms with van der Waals surface area (Å²) in [6, 6.07) is 2.35. The second-order valence-corrected chi connectivity index (χ2v) is 3.93. The number of aliphatic hydroxyl groups excluding tert-OH is 1. The summed E-state index contributed by atoms with van der Waals surface area (Å²) in [7, 11) is 0. The first kappa shape index (κ1) is 12.3. The van der Waals surface area contributed by atoms with Gasteiger partial charge in [0.1, 0.15) is 0 Å². The SMILES string of the molecule is CCCn1ccc(CN[C@H](CC)CO)c1. The molecule has 86 valence electrons. The van der Waals surface area contributed by atoms with Crippen molar-refractivity contribution in [2.24, 2.45) is 0 Å². The average Bonchev–Trinajstić information content (AvgIpc) is 2.68. The first-order valence-electron chi connectivity index (χ1n) is 5.79. The lowest BCUT2D eigenvalue weighted by atomic mass is 10.2. The fourth-order valence-corrected chi connectivity index (χ4v) is 1.59. The predicted molar refractivity (Wildman–Crippen MR) is 62.7 cm³/mol. The second kappa shape index (κ2) is 6.64. The Kier molecular flexibility index (Phi) is 5.43. The number of aromatic nitrogens is 1. The molecular formula is C12H22N2O. The molecule has 0 aliphatic rings. The lowest BCUT2D eigenvalue weighted by Gasteiger charge is -2.12. The van der Waals surface area contributed by atoms with Crippen LogP contribution >= 0.6 is 0 Å². The smallest absolute Gasteiger partial charge is 0.0584 e. The third-order valence-electron chi connectivity index (χ3n) is 2.60. The summed E-state index contributed by atoms with van der Waals surface area (Å²) in [5.74, 6) is 0. The van der Waals surface area contributed by atoms with Crippen molar-refractivity contribution in [2.45, 2.75) is 45.8 Å². The summed E-state index contributed by atoms with van der Waals surface area (Å²) in [4.78, 5) is 0. The third-order valence-corrected chi connectivity index (χ3v) is 2.60. The van der Waals surface area contributed by atoms with Gasteiger partial charge >= 0.3 is 0 Å². The number of hydrogen-bond donors (Lipinski definition) is 2. The van der Waals surface area contributed by atoms with E-state index in [1.165, 1.54) is 5.56 Å². The standard InChI is InChI=1S/C12H22N2O/c1-3-6-14-7-5-11(9-14)8-13-12(4-2)10-15/h5,7,9,12-13,15H,3-4,6,8,10H2,1-2H3/t12-/m1/s1. The molecule has 0 radical (unpaired) electrons. The van der Waals surface area contributed by atoms with E-state index in [2.05, 4.69) is 42.2 Å². The van der Waals surface area contributed by atoms with Crippen LogP contribution in [0, 0.1) is 0 Å². The van der Waals surface area contributed by atoms with Crippen molar-refractivity contribution >= 4 is 0 Å². The molecule has 0 aliphatic carbocycles. The number of aliphatic hydroxyl groups is 1. The minimum atomic E-state index is 0.214. The average molecular weight is 210 g/mol. The molecule has 0 spiro atoms. The molecule has 1 rings (SSSR count). The van der Waals surface area contributed by atoms with E-state index in [4.69, 9.17) is 5.11 Å². The van der Waals surface area contributed by atoms with Gasteiger partial charge in [-0.1, -0.05) is 13.8 Å². The minimum Gasteiger partial charge on any atom is -0.395 e. The van der Waals surface area contributed by atoms with Crippen LogP contribution in [0.5, 0.6) is 0 Å². The molecule has 1 atom stereocenters. The number of rotatable bonds is 7. The zero-order valence-electron chi connectivity index (χ0n) is 9.74. The van der Waals surface area contributed by atoms with Crippen molar-refractivity contribution in [1.82, 2.24) is 9.88 Å². The molecule has 1 aromatic heterocycles. The van der Waals surface area contributed by atoms with Crippen LogP contribution < -0.4 is 5.32 Å². The highest BCUT2D eigenvalue weighted by Gasteiger charge is 2.03. The summed E-state index contributed by atoms with van der Waals surface area (Å²) in [6.45, 7) is 6.39. The molecule has 0 unspecified atom stereocenters. The molecule has 0 amide bonds. The van der Waals surface area contributed by atoms with E-state index in [1.54, 1.807) is 0 Å². The summed E-state index contributed by atoms with van der Waals surface area (Å²) in [5, 5.41) is 12.4. The van der Waals surface area contributed by atoms with E-state index in [9.17, 15) is 0 Å². The van der Waals surface area contributed by atoms with Gasteiger partial charge < -0.3 is 15.0 Å². The Labute approximate surface area is 92.1 Å². The minimum absolute atomic E-state index is 0.214. The van der Waals surface area contributed by atoms with E-state index in [0.717, 1.165) is 25.9 Å². The molecule has 0 fully saturated rings. The highest BCUT2D eigenvalue weighted by Crippen LogP contribution is 2.03. The van der Waals surface area contributed by atoms with E-state index in [-0.39, 0.29) is 12.6 Å². The molecule has 0 bridgehead atoms. The van der Waals surface area contributed by atoms with Crippen LogP contribution in [-0.4, -0.2) is 22.3 Å². The fourth-order valence-electron chi connectivity index (χ4n) is 1.59. The Morgan fingerprint density at radius 3 is 2.87 bits per heavy atom. The van der Waals surface area contributed by atoms with Gasteiger partial charge in [-0.3, -0.25) is 0 Å². The van der Waals surface area contributed by atoms with Gasteiger partial charge in [0.25, 0.3) is 0 Å². The molecule has 0 aliphatic heterocycles. The zero-order chi connectivity index (χ0) is 11.1. The van der Waals surface area contributed by atoms with Gasteiger partial charge in [-0.25, -0.2) is 0 Å². The van der Waals surface area contributed by atoms with Crippen LogP contribution in [0.2, 0.25) is 0 Å². The molecule has 3 nitrogen and oxygen atoms in total. The third kappa shape index (κ3) is 4.06. The van der Waals surface area contributed by atoms with Crippen molar-refractivity contribution < 1.29 is 5.11 Å². The Morgan fingerprint density at radius 1 is 1.47 bits per heavy atom. The highest BCUT2D eigenvalue weighted by atomic mass is 16.3. The van der Waals surface area contributed by atoms with E-state index in [0.29, 0.717) is 0 Å². The lowest BCUT2D eigenvalue weighted by Crippen LogP contribution is -2.31. The van der Waals surface area contributed by atoms with Crippen LogP contribution in [0.25, 0.3) is 0 Å². The molecule has 15 heavy (non-hydrogen) atoms. The summed E-state index contributed by atoms with van der Waals surface area (Å²) >= 11 is 0. The second-order valence-electron chi connectivity index (χ2n) is 3.93. The van der Waals surface area contributed by atoms with E-state index >= 15 is 0 Å². The van der Waals surface area contributed by atoms with E-state index in [1.807, 2.05) is 0 Å². The first-order valence-corrected chi connectivity index (χ1v) is 5.79. The van der Waals surface area contributed by atoms with Crippen molar-refractivity contribution in [3.8, 4) is 0 Å². The topological polar surface area (TPSA) is 37.2 Å². The van der Waals surface area contributed by atoms with Crippen LogP contribution in [0.4, 0.5) is 0 Å². The lowest BCUT2D eigenvalue weighted by molar-refractivity contribution is 0.238. The number of aryl methyl sites for hydroxylation is 1. The Morgan fingerprint density at radius 2 is 2.27 bits per heavy atom. The van der Waals surface area contributed by atoms with Crippen LogP contribution in [0.3, 0.4) is 0 Å². The first-order chi connectivity index (χ1) is 7.30. The molecule has 0 saturated carbocycles. The monoisotopic (exact) mass is 210 g/mol. The fraction of sp³-hybridized carbons (Fsp3) is 0.667. The van der Waals surface area contributed by atoms with Crippen molar-refractivity contribution in [2.75, 3.05) is 6.61 Å². The van der Waals surface area contributed by atoms with Crippen molar-refractivity contribution in [3.05, 3.63) is 24.0 Å². The van der Waals surface area contributed by atoms with E-state index < -0.39 is 0 Å². The molecule has 1 aromatic rings. The molecular weight excluding hydrogens is 188 g/mol. The molecule has 2 N–H and O–H groups in total. The summed E-state index contributed by atoms with van der Waals surface area (Å²) in [6.07, 6.45) is 6.41. The maximum atomic E-state index is 9.03. The molecule has 0 aromatic carbocycles. The zero-order valence-corrected chi connectivity index (χ0v) is 9.74. The number of nitrogens with zero attached hydrogens (tertiary/aromatic N) is 1. The van der Waals surface area contributed by atoms with Crippen LogP contribution in [0.1, 0.15) is 32.3 Å². The predicted octanol–water partition coefficient (Wildman–Crippen LogP) is 1.76. The number of nitrogens with one attached hydrogen (secondary N) is 1. The largest absolute Gasteiger partial charge is 0.395 e. The summed E-state index contributed by atoms with van der Waals surface area (Å²) < 4.78 is 2.21. The highest BCUT2D eigenvalue weighted by molar-refractivity contribution is 5.10. The number of hydrogen-bond acceptors (Lipinski definition) is 2. The maximum absolute atomic E-state index is 9.03. The van der Waals surface area contributed by atoms with Gasteiger partial charge in [0.15, 0.2) is 0 Å². The molecule has 1 heterocycles. The van der Waals surface area contributed by atoms with Gasteiger partial charge in [0.05, 0.1) is 6.61 Å². The van der Waals surface area contributed by atoms with Gasteiger partial charge in [0, 0.05) is 31.5 Å². The molecule has 3 heteroatoms. The van der Waals surface area contributed by atoms with Crippen LogP contribution in [0.15, 0.2) is 18.5 Å². The van der Waals surface area contributed by atoms with Gasteiger partial charge in [-0.2, -0.15) is 0 Å². The normalized spacial score (nSPS) is 13.0. The maximum Gasteiger partial charge on any atom is 0.0584 e. The van der Waals surface area contributed by atoms with Crippen molar-refractivity contribution in [3.63, 3.8) is 0 Å². The quantitative estimate of drug-likeness (QED) is 0.719. The Balaban J connectivity index is 2.36. The van der Waals surface area contributed by atoms with Crippen LogP contribution in [-0.2, 0) is 13.1 Å². The molecule has 0 saturated heterocycles. The van der Waals surface area contributed by atoms with Gasteiger partial charge in [-0.05, 0) is 24.5 Å². The van der Waals surface area contributed by atoms with Crippen molar-refractivity contribution in [1.29, 1.82) is 0 Å². The summed E-state index contributed by atoms with van der Waals surface area (Å²) in [5.41, 5.74) is 1.29. The Bertz CT molecular complexity index is 266. The van der Waals surface area contributed by atoms with Gasteiger partial charge in [0.2, 0.25) is 0 Å². The van der Waals surface area contributed by atoms with Gasteiger partial charge in [-0.15, -0.1) is 0 Å². The Hall–Kier alpha value is -0.800.